The molecule has 0 aromatic heterocycles. The number of ether oxygens (including phenoxy) is 1. The molecule has 1 heterocycles. The van der Waals surface area contributed by atoms with Gasteiger partial charge in [0.15, 0.2) is 0 Å². The topological polar surface area (TPSA) is 29.5 Å². The van der Waals surface area contributed by atoms with Crippen molar-refractivity contribution in [3.63, 3.8) is 0 Å². The monoisotopic (exact) mass is 399 g/mol. The molecule has 0 spiro atoms. The van der Waals surface area contributed by atoms with E-state index in [1.165, 1.54) is 0 Å². The normalized spacial score (nSPS) is 21.5. The fourth-order valence-electron chi connectivity index (χ4n) is 3.38. The summed E-state index contributed by atoms with van der Waals surface area (Å²) in [6.45, 7) is 6.54. The Morgan fingerprint density at radius 1 is 1.24 bits per heavy atom. The van der Waals surface area contributed by atoms with Crippen molar-refractivity contribution in [2.45, 2.75) is 31.4 Å². The first-order chi connectivity index (χ1) is 12.1. The van der Waals surface area contributed by atoms with Crippen LogP contribution in [0.3, 0.4) is 0 Å². The minimum absolute atomic E-state index is 0.0295. The second-order valence-corrected chi connectivity index (χ2v) is 7.31. The van der Waals surface area contributed by atoms with Crippen molar-refractivity contribution in [2.24, 2.45) is 0 Å². The van der Waals surface area contributed by atoms with Crippen molar-refractivity contribution in [1.29, 1.82) is 0 Å². The molecular weight excluding hydrogens is 378 g/mol. The highest BCUT2D eigenvalue weighted by Gasteiger charge is 2.42. The molecule has 3 nitrogen and oxygen atoms in total. The van der Waals surface area contributed by atoms with Crippen LogP contribution >= 0.6 is 15.9 Å². The third-order valence-corrected chi connectivity index (χ3v) is 5.40. The summed E-state index contributed by atoms with van der Waals surface area (Å²) in [6.07, 6.45) is 2.92. The quantitative estimate of drug-likeness (QED) is 0.592. The SMILES string of the molecule is C=CC[C@]1(c2ccccc2)CCN(C(C)c2ccc(Br)cc2)C(=O)O1. The maximum atomic E-state index is 12.8. The molecule has 0 bridgehead atoms. The number of benzene rings is 2. The van der Waals surface area contributed by atoms with Gasteiger partial charge in [-0.2, -0.15) is 0 Å². The van der Waals surface area contributed by atoms with E-state index >= 15 is 0 Å². The van der Waals surface area contributed by atoms with Gasteiger partial charge in [0, 0.05) is 23.9 Å². The van der Waals surface area contributed by atoms with Crippen LogP contribution in [0.5, 0.6) is 0 Å². The van der Waals surface area contributed by atoms with Crippen molar-refractivity contribution < 1.29 is 9.53 Å². The molecule has 2 aromatic carbocycles. The summed E-state index contributed by atoms with van der Waals surface area (Å²) >= 11 is 3.45. The van der Waals surface area contributed by atoms with Crippen molar-refractivity contribution in [3.8, 4) is 0 Å². The summed E-state index contributed by atoms with van der Waals surface area (Å²) in [5.41, 5.74) is 1.51. The number of hydrogen-bond acceptors (Lipinski definition) is 2. The van der Waals surface area contributed by atoms with Gasteiger partial charge in [0.2, 0.25) is 0 Å². The number of hydrogen-bond donors (Lipinski definition) is 0. The number of rotatable bonds is 5. The summed E-state index contributed by atoms with van der Waals surface area (Å²) in [5, 5.41) is 0. The fourth-order valence-corrected chi connectivity index (χ4v) is 3.65. The number of nitrogens with zero attached hydrogens (tertiary/aromatic N) is 1. The lowest BCUT2D eigenvalue weighted by molar-refractivity contribution is -0.0588. The van der Waals surface area contributed by atoms with Gasteiger partial charge >= 0.3 is 6.09 Å². The standard InChI is InChI=1S/C21H22BrNO2/c1-3-13-21(18-7-5-4-6-8-18)14-15-23(20(24)25-21)16(2)17-9-11-19(22)12-10-17/h3-12,16H,1,13-15H2,2H3/t16?,21-/m1/s1. The van der Waals surface area contributed by atoms with E-state index in [0.717, 1.165) is 22.0 Å². The van der Waals surface area contributed by atoms with Gasteiger partial charge in [-0.3, -0.25) is 0 Å². The molecule has 0 aliphatic carbocycles. The minimum Gasteiger partial charge on any atom is -0.437 e. The van der Waals surface area contributed by atoms with Gasteiger partial charge in [-0.25, -0.2) is 4.79 Å². The molecule has 25 heavy (non-hydrogen) atoms. The van der Waals surface area contributed by atoms with E-state index in [0.29, 0.717) is 13.0 Å². The number of amides is 1. The lowest BCUT2D eigenvalue weighted by Crippen LogP contribution is -2.48. The molecular formula is C21H22BrNO2. The van der Waals surface area contributed by atoms with Crippen LogP contribution < -0.4 is 0 Å². The van der Waals surface area contributed by atoms with Crippen LogP contribution in [0.15, 0.2) is 71.7 Å². The van der Waals surface area contributed by atoms with Crippen LogP contribution in [-0.4, -0.2) is 17.5 Å². The summed E-state index contributed by atoms with van der Waals surface area (Å²) < 4.78 is 7.01. The molecule has 1 aliphatic heterocycles. The molecule has 2 aromatic rings. The van der Waals surface area contributed by atoms with Crippen LogP contribution in [0.1, 0.15) is 36.9 Å². The highest BCUT2D eigenvalue weighted by Crippen LogP contribution is 2.39. The number of carbonyl (C=O) groups excluding carboxylic acids is 1. The number of cyclic esters (lactones) is 1. The molecule has 0 saturated carbocycles. The summed E-state index contributed by atoms with van der Waals surface area (Å²) in [6, 6.07) is 18.0. The predicted octanol–water partition coefficient (Wildman–Crippen LogP) is 5.82. The van der Waals surface area contributed by atoms with E-state index < -0.39 is 5.60 Å². The second kappa shape index (κ2) is 7.44. The van der Waals surface area contributed by atoms with Crippen LogP contribution in [0.2, 0.25) is 0 Å². The Morgan fingerprint density at radius 3 is 2.52 bits per heavy atom. The lowest BCUT2D eigenvalue weighted by Gasteiger charge is -2.43. The molecule has 2 atom stereocenters. The van der Waals surface area contributed by atoms with Crippen LogP contribution in [0.4, 0.5) is 4.79 Å². The Balaban J connectivity index is 1.82. The maximum absolute atomic E-state index is 12.8. The van der Waals surface area contributed by atoms with Gasteiger partial charge in [-0.05, 0) is 30.2 Å². The molecule has 1 fully saturated rings. The second-order valence-electron chi connectivity index (χ2n) is 6.39. The zero-order chi connectivity index (χ0) is 17.9. The molecule has 1 unspecified atom stereocenters. The Labute approximate surface area is 157 Å². The zero-order valence-electron chi connectivity index (χ0n) is 14.3. The third-order valence-electron chi connectivity index (χ3n) is 4.87. The van der Waals surface area contributed by atoms with Crippen molar-refractivity contribution in [1.82, 2.24) is 4.90 Å². The molecule has 130 valence electrons. The summed E-state index contributed by atoms with van der Waals surface area (Å²) in [7, 11) is 0. The number of halogens is 1. The van der Waals surface area contributed by atoms with Gasteiger partial charge in [0.05, 0.1) is 6.04 Å². The van der Waals surface area contributed by atoms with Crippen molar-refractivity contribution in [3.05, 3.63) is 82.9 Å². The highest BCUT2D eigenvalue weighted by atomic mass is 79.9. The molecule has 1 amide bonds. The van der Waals surface area contributed by atoms with Gasteiger partial charge < -0.3 is 9.64 Å². The Hall–Kier alpha value is -2.07. The van der Waals surface area contributed by atoms with E-state index in [4.69, 9.17) is 4.74 Å². The third kappa shape index (κ3) is 3.64. The zero-order valence-corrected chi connectivity index (χ0v) is 15.9. The Morgan fingerprint density at radius 2 is 1.92 bits per heavy atom. The van der Waals surface area contributed by atoms with E-state index in [1.807, 2.05) is 67.6 Å². The van der Waals surface area contributed by atoms with Crippen LogP contribution in [-0.2, 0) is 10.3 Å². The molecule has 3 rings (SSSR count). The minimum atomic E-state index is -0.615. The summed E-state index contributed by atoms with van der Waals surface area (Å²) in [5.74, 6) is 0. The molecule has 1 saturated heterocycles. The molecule has 0 radical (unpaired) electrons. The lowest BCUT2D eigenvalue weighted by atomic mass is 9.85. The van der Waals surface area contributed by atoms with Crippen LogP contribution in [0.25, 0.3) is 0 Å². The maximum Gasteiger partial charge on any atom is 0.411 e. The van der Waals surface area contributed by atoms with Crippen molar-refractivity contribution in [2.75, 3.05) is 6.54 Å². The van der Waals surface area contributed by atoms with Gasteiger partial charge in [-0.15, -0.1) is 6.58 Å². The van der Waals surface area contributed by atoms with Crippen molar-refractivity contribution >= 4 is 22.0 Å². The predicted molar refractivity (Wildman–Crippen MR) is 103 cm³/mol. The van der Waals surface area contributed by atoms with Gasteiger partial charge in [0.25, 0.3) is 0 Å². The van der Waals surface area contributed by atoms with E-state index in [-0.39, 0.29) is 12.1 Å². The highest BCUT2D eigenvalue weighted by molar-refractivity contribution is 9.10. The van der Waals surface area contributed by atoms with Gasteiger partial charge in [0.1, 0.15) is 5.60 Å². The largest absolute Gasteiger partial charge is 0.437 e. The molecule has 0 N–H and O–H groups in total. The molecule has 1 aliphatic rings. The number of carbonyl (C=O) groups is 1. The smallest absolute Gasteiger partial charge is 0.411 e. The first-order valence-electron chi connectivity index (χ1n) is 8.47. The Kier molecular flexibility index (Phi) is 5.28. The Bertz CT molecular complexity index is 744. The van der Waals surface area contributed by atoms with Gasteiger partial charge in [-0.1, -0.05) is 64.5 Å². The van der Waals surface area contributed by atoms with E-state index in [9.17, 15) is 4.79 Å². The molecule has 4 heteroatoms. The average Bonchev–Trinajstić information content (AvgIpc) is 2.63. The summed E-state index contributed by atoms with van der Waals surface area (Å²) in [4.78, 5) is 14.6. The van der Waals surface area contributed by atoms with Crippen LogP contribution in [0, 0.1) is 0 Å². The van der Waals surface area contributed by atoms with E-state index in [2.05, 4.69) is 22.5 Å². The average molecular weight is 400 g/mol. The van der Waals surface area contributed by atoms with E-state index in [1.54, 1.807) is 4.90 Å². The fraction of sp³-hybridized carbons (Fsp3) is 0.286. The first-order valence-corrected chi connectivity index (χ1v) is 9.26. The first kappa shape index (κ1) is 17.7.